The molecular weight excluding hydrogens is 322 g/mol. The monoisotopic (exact) mass is 337 g/mol. The Bertz CT molecular complexity index is 611. The first kappa shape index (κ1) is 15.8. The first-order valence-corrected chi connectivity index (χ1v) is 9.34. The second-order valence-electron chi connectivity index (χ2n) is 4.86. The predicted molar refractivity (Wildman–Crippen MR) is 78.0 cm³/mol. The Morgan fingerprint density at radius 2 is 2.30 bits per heavy atom. The summed E-state index contributed by atoms with van der Waals surface area (Å²) in [5, 5.41) is 1.57. The number of rotatable bonds is 4. The van der Waals surface area contributed by atoms with Crippen LogP contribution < -0.4 is 0 Å². The second kappa shape index (κ2) is 6.01. The third-order valence-electron chi connectivity index (χ3n) is 3.42. The molecule has 1 atom stereocenters. The summed E-state index contributed by atoms with van der Waals surface area (Å²) in [6.45, 7) is 3.56. The third-order valence-corrected chi connectivity index (χ3v) is 6.73. The molecule has 0 spiro atoms. The summed E-state index contributed by atoms with van der Waals surface area (Å²) in [6.07, 6.45) is 0.906. The number of thiophene rings is 1. The Balaban J connectivity index is 2.17. The summed E-state index contributed by atoms with van der Waals surface area (Å²) in [4.78, 5) is 14.2. The number of nitrogens with zero attached hydrogens (tertiary/aromatic N) is 1. The van der Waals surface area contributed by atoms with Crippen molar-refractivity contribution in [3.8, 4) is 0 Å². The largest absolute Gasteiger partial charge is 0.384 e. The van der Waals surface area contributed by atoms with Crippen molar-refractivity contribution in [2.75, 3.05) is 26.8 Å². The molecule has 2 heterocycles. The van der Waals surface area contributed by atoms with Gasteiger partial charge in [0.25, 0.3) is 15.0 Å². The lowest BCUT2D eigenvalue weighted by Crippen LogP contribution is -2.29. The summed E-state index contributed by atoms with van der Waals surface area (Å²) in [7, 11) is 3.20. The van der Waals surface area contributed by atoms with Gasteiger partial charge in [0, 0.05) is 42.2 Å². The topological polar surface area (TPSA) is 63.7 Å². The summed E-state index contributed by atoms with van der Waals surface area (Å²) in [5.41, 5.74) is 0.859. The fraction of sp³-hybridized carbons (Fsp3) is 0.583. The molecule has 8 heteroatoms. The fourth-order valence-corrected chi connectivity index (χ4v) is 4.95. The Hall–Kier alpha value is -0.630. The van der Waals surface area contributed by atoms with Crippen LogP contribution in [0.4, 0.5) is 0 Å². The number of methoxy groups -OCH3 is 1. The van der Waals surface area contributed by atoms with Gasteiger partial charge in [-0.15, -0.1) is 11.3 Å². The van der Waals surface area contributed by atoms with E-state index in [-0.39, 0.29) is 10.1 Å². The van der Waals surface area contributed by atoms with E-state index in [1.54, 1.807) is 24.3 Å². The van der Waals surface area contributed by atoms with E-state index in [0.29, 0.717) is 36.7 Å². The van der Waals surface area contributed by atoms with Gasteiger partial charge in [-0.3, -0.25) is 4.79 Å². The highest BCUT2D eigenvalue weighted by Gasteiger charge is 2.30. The number of carbonyl (C=O) groups excluding carboxylic acids is 1. The molecule has 20 heavy (non-hydrogen) atoms. The molecule has 0 aromatic carbocycles. The standard InChI is InChI=1S/C12H16ClNO4S2/c1-8-10(7-19-12(8)20(13,16)17)11(15)14-4-3-9(5-14)6-18-2/h7,9H,3-6H2,1-2H3. The number of amides is 1. The van der Waals surface area contributed by atoms with Crippen LogP contribution in [0.1, 0.15) is 22.3 Å². The second-order valence-corrected chi connectivity index (χ2v) is 8.50. The highest BCUT2D eigenvalue weighted by Crippen LogP contribution is 2.31. The zero-order valence-electron chi connectivity index (χ0n) is 11.3. The first-order chi connectivity index (χ1) is 9.34. The lowest BCUT2D eigenvalue weighted by molar-refractivity contribution is 0.0775. The van der Waals surface area contributed by atoms with Gasteiger partial charge >= 0.3 is 0 Å². The van der Waals surface area contributed by atoms with Crippen LogP contribution in [-0.2, 0) is 13.8 Å². The van der Waals surface area contributed by atoms with Gasteiger partial charge in [-0.1, -0.05) is 0 Å². The Morgan fingerprint density at radius 3 is 2.85 bits per heavy atom. The molecule has 1 unspecified atom stereocenters. The van der Waals surface area contributed by atoms with E-state index in [9.17, 15) is 13.2 Å². The molecule has 1 aromatic heterocycles. The van der Waals surface area contributed by atoms with Crippen molar-refractivity contribution in [2.45, 2.75) is 17.6 Å². The molecule has 2 rings (SSSR count). The molecule has 0 radical (unpaired) electrons. The van der Waals surface area contributed by atoms with E-state index in [4.69, 9.17) is 15.4 Å². The molecule has 1 saturated heterocycles. The SMILES string of the molecule is COCC1CCN(C(=O)c2csc(S(=O)(=O)Cl)c2C)C1. The number of hydrogen-bond acceptors (Lipinski definition) is 5. The van der Waals surface area contributed by atoms with Crippen molar-refractivity contribution in [2.24, 2.45) is 5.92 Å². The Morgan fingerprint density at radius 1 is 1.60 bits per heavy atom. The molecule has 1 amide bonds. The predicted octanol–water partition coefficient (Wildman–Crippen LogP) is 2.09. The maximum atomic E-state index is 12.4. The summed E-state index contributed by atoms with van der Waals surface area (Å²) in [5.74, 6) is 0.211. The first-order valence-electron chi connectivity index (χ1n) is 6.15. The van der Waals surface area contributed by atoms with E-state index in [2.05, 4.69) is 0 Å². The minimum atomic E-state index is -3.79. The van der Waals surface area contributed by atoms with Crippen LogP contribution in [0.15, 0.2) is 9.59 Å². The Labute approximate surface area is 126 Å². The molecule has 1 aliphatic rings. The maximum Gasteiger partial charge on any atom is 0.271 e. The van der Waals surface area contributed by atoms with Gasteiger partial charge in [-0.25, -0.2) is 8.42 Å². The minimum absolute atomic E-state index is 0.0511. The summed E-state index contributed by atoms with van der Waals surface area (Å²) < 4.78 is 27.9. The maximum absolute atomic E-state index is 12.4. The van der Waals surface area contributed by atoms with Crippen LogP contribution in [0, 0.1) is 12.8 Å². The fourth-order valence-electron chi connectivity index (χ4n) is 2.41. The molecular formula is C12H16ClNO4S2. The van der Waals surface area contributed by atoms with Crippen molar-refractivity contribution < 1.29 is 17.9 Å². The normalized spacial score (nSPS) is 19.6. The van der Waals surface area contributed by atoms with Crippen LogP contribution in [0.2, 0.25) is 0 Å². The highest BCUT2D eigenvalue weighted by molar-refractivity contribution is 8.15. The number of halogens is 1. The molecule has 1 aliphatic heterocycles. The number of carbonyl (C=O) groups is 1. The van der Waals surface area contributed by atoms with Gasteiger partial charge in [-0.05, 0) is 18.9 Å². The molecule has 0 aliphatic carbocycles. The van der Waals surface area contributed by atoms with Crippen LogP contribution >= 0.6 is 22.0 Å². The van der Waals surface area contributed by atoms with Gasteiger partial charge in [0.05, 0.1) is 12.2 Å². The number of likely N-dealkylation sites (tertiary alicyclic amines) is 1. The van der Waals surface area contributed by atoms with Crippen molar-refractivity contribution in [3.63, 3.8) is 0 Å². The molecule has 1 aromatic rings. The summed E-state index contributed by atoms with van der Waals surface area (Å²) in [6, 6.07) is 0. The minimum Gasteiger partial charge on any atom is -0.384 e. The number of hydrogen-bond donors (Lipinski definition) is 0. The zero-order chi connectivity index (χ0) is 14.9. The van der Waals surface area contributed by atoms with E-state index in [1.165, 1.54) is 0 Å². The molecule has 0 saturated carbocycles. The van der Waals surface area contributed by atoms with Crippen molar-refractivity contribution in [1.82, 2.24) is 4.90 Å². The smallest absolute Gasteiger partial charge is 0.271 e. The summed E-state index contributed by atoms with van der Waals surface area (Å²) >= 11 is 0.989. The van der Waals surface area contributed by atoms with Crippen LogP contribution in [0.3, 0.4) is 0 Å². The van der Waals surface area contributed by atoms with Gasteiger partial charge < -0.3 is 9.64 Å². The van der Waals surface area contributed by atoms with Gasteiger partial charge in [-0.2, -0.15) is 0 Å². The average Bonchev–Trinajstić information content (AvgIpc) is 2.95. The molecule has 1 fully saturated rings. The van der Waals surface area contributed by atoms with Crippen LogP contribution in [0.5, 0.6) is 0 Å². The van der Waals surface area contributed by atoms with Gasteiger partial charge in [0.2, 0.25) is 0 Å². The molecule has 0 bridgehead atoms. The van der Waals surface area contributed by atoms with Gasteiger partial charge in [0.15, 0.2) is 0 Å². The van der Waals surface area contributed by atoms with Crippen LogP contribution in [-0.4, -0.2) is 46.0 Å². The molecule has 5 nitrogen and oxygen atoms in total. The Kier molecular flexibility index (Phi) is 4.73. The van der Waals surface area contributed by atoms with Crippen molar-refractivity contribution in [3.05, 3.63) is 16.5 Å². The van der Waals surface area contributed by atoms with Crippen LogP contribution in [0.25, 0.3) is 0 Å². The van der Waals surface area contributed by atoms with Crippen molar-refractivity contribution >= 4 is 37.0 Å². The number of ether oxygens (including phenoxy) is 1. The lowest BCUT2D eigenvalue weighted by atomic mass is 10.1. The third kappa shape index (κ3) is 3.16. The zero-order valence-corrected chi connectivity index (χ0v) is 13.6. The van der Waals surface area contributed by atoms with E-state index in [1.807, 2.05) is 0 Å². The quantitative estimate of drug-likeness (QED) is 0.789. The lowest BCUT2D eigenvalue weighted by Gasteiger charge is -2.16. The average molecular weight is 338 g/mol. The van der Waals surface area contributed by atoms with E-state index in [0.717, 1.165) is 17.8 Å². The van der Waals surface area contributed by atoms with E-state index >= 15 is 0 Å². The highest BCUT2D eigenvalue weighted by atomic mass is 35.7. The van der Waals surface area contributed by atoms with Gasteiger partial charge in [0.1, 0.15) is 4.21 Å². The molecule has 0 N–H and O–H groups in total. The van der Waals surface area contributed by atoms with E-state index < -0.39 is 9.05 Å². The van der Waals surface area contributed by atoms with Crippen molar-refractivity contribution in [1.29, 1.82) is 0 Å². The molecule has 112 valence electrons.